The van der Waals surface area contributed by atoms with Crippen LogP contribution in [0.2, 0.25) is 0 Å². The second-order valence-electron chi connectivity index (χ2n) is 5.80. The summed E-state index contributed by atoms with van der Waals surface area (Å²) >= 11 is 0. The van der Waals surface area contributed by atoms with E-state index in [9.17, 15) is 8.42 Å². The summed E-state index contributed by atoms with van der Waals surface area (Å²) in [4.78, 5) is 0.147. The quantitative estimate of drug-likeness (QED) is 0.671. The predicted octanol–water partition coefficient (Wildman–Crippen LogP) is 4.24. The van der Waals surface area contributed by atoms with Gasteiger partial charge in [-0.3, -0.25) is 4.72 Å². The smallest absolute Gasteiger partial charge is 0.263 e. The van der Waals surface area contributed by atoms with E-state index in [-0.39, 0.29) is 10.7 Å². The van der Waals surface area contributed by atoms with Gasteiger partial charge in [0.1, 0.15) is 11.5 Å². The van der Waals surface area contributed by atoms with Gasteiger partial charge >= 0.3 is 0 Å². The van der Waals surface area contributed by atoms with Crippen molar-refractivity contribution in [1.29, 1.82) is 0 Å². The molecule has 0 bridgehead atoms. The monoisotopic (exact) mass is 372 g/mol. The number of nitrogens with one attached hydrogen (secondary N) is 1. The molecule has 0 fully saturated rings. The van der Waals surface area contributed by atoms with Crippen molar-refractivity contribution in [3.63, 3.8) is 0 Å². The molecule has 0 saturated heterocycles. The summed E-state index contributed by atoms with van der Waals surface area (Å²) in [5.74, 6) is 1.47. The Labute approximate surface area is 152 Å². The molecular formula is C19H20N2O4S. The van der Waals surface area contributed by atoms with Crippen LogP contribution in [-0.4, -0.2) is 20.2 Å². The normalized spacial score (nSPS) is 11.3. The SMILES string of the molecule is CCCOc1ccccc1-c1ccc(S(=O)(=O)Nc2cc(C)on2)cc1. The van der Waals surface area contributed by atoms with Crippen LogP contribution >= 0.6 is 0 Å². The summed E-state index contributed by atoms with van der Waals surface area (Å²) in [5.41, 5.74) is 1.80. The highest BCUT2D eigenvalue weighted by Crippen LogP contribution is 2.30. The number of para-hydroxylation sites is 1. The second kappa shape index (κ2) is 7.61. The zero-order chi connectivity index (χ0) is 18.6. The van der Waals surface area contributed by atoms with E-state index >= 15 is 0 Å². The van der Waals surface area contributed by atoms with Gasteiger partial charge in [0.05, 0.1) is 11.5 Å². The largest absolute Gasteiger partial charge is 0.493 e. The molecule has 0 saturated carbocycles. The molecule has 6 nitrogen and oxygen atoms in total. The molecule has 7 heteroatoms. The minimum absolute atomic E-state index is 0.147. The van der Waals surface area contributed by atoms with Crippen LogP contribution in [0.3, 0.4) is 0 Å². The number of sulfonamides is 1. The van der Waals surface area contributed by atoms with Gasteiger partial charge in [0.2, 0.25) is 0 Å². The Hall–Kier alpha value is -2.80. The molecule has 0 aliphatic rings. The number of benzene rings is 2. The molecule has 0 amide bonds. The van der Waals surface area contributed by atoms with Gasteiger partial charge in [0.25, 0.3) is 10.0 Å². The third-order valence-corrected chi connectivity index (χ3v) is 5.06. The average Bonchev–Trinajstić information content (AvgIpc) is 3.04. The minimum Gasteiger partial charge on any atom is -0.493 e. The summed E-state index contributed by atoms with van der Waals surface area (Å²) in [5, 5.41) is 3.65. The first-order valence-electron chi connectivity index (χ1n) is 8.28. The molecule has 0 aliphatic carbocycles. The van der Waals surface area contributed by atoms with Crippen molar-refractivity contribution in [1.82, 2.24) is 5.16 Å². The molecule has 3 rings (SSSR count). The first-order chi connectivity index (χ1) is 12.5. The fourth-order valence-electron chi connectivity index (χ4n) is 2.47. The summed E-state index contributed by atoms with van der Waals surface area (Å²) in [6.07, 6.45) is 0.915. The number of rotatable bonds is 7. The lowest BCUT2D eigenvalue weighted by molar-refractivity contribution is 0.318. The van der Waals surface area contributed by atoms with E-state index in [1.807, 2.05) is 31.2 Å². The average molecular weight is 372 g/mol. The van der Waals surface area contributed by atoms with Crippen LogP contribution < -0.4 is 9.46 Å². The molecule has 0 spiro atoms. The highest BCUT2D eigenvalue weighted by atomic mass is 32.2. The first-order valence-corrected chi connectivity index (χ1v) is 9.76. The van der Waals surface area contributed by atoms with Crippen LogP contribution in [0, 0.1) is 6.92 Å². The van der Waals surface area contributed by atoms with Crippen LogP contribution in [0.15, 0.2) is 64.0 Å². The predicted molar refractivity (Wildman–Crippen MR) is 99.7 cm³/mol. The van der Waals surface area contributed by atoms with Gasteiger partial charge in [0, 0.05) is 11.6 Å². The van der Waals surface area contributed by atoms with Crippen LogP contribution in [0.4, 0.5) is 5.82 Å². The van der Waals surface area contributed by atoms with E-state index in [4.69, 9.17) is 9.26 Å². The highest BCUT2D eigenvalue weighted by Gasteiger charge is 2.16. The lowest BCUT2D eigenvalue weighted by Crippen LogP contribution is -2.13. The Balaban J connectivity index is 1.85. The maximum absolute atomic E-state index is 12.4. The Morgan fingerprint density at radius 1 is 1.12 bits per heavy atom. The number of anilines is 1. The van der Waals surface area contributed by atoms with Crippen molar-refractivity contribution in [2.45, 2.75) is 25.2 Å². The molecule has 0 atom stereocenters. The van der Waals surface area contributed by atoms with Crippen LogP contribution in [-0.2, 0) is 10.0 Å². The lowest BCUT2D eigenvalue weighted by atomic mass is 10.0. The van der Waals surface area contributed by atoms with Crippen molar-refractivity contribution in [3.05, 3.63) is 60.4 Å². The van der Waals surface area contributed by atoms with Gasteiger partial charge in [-0.1, -0.05) is 42.4 Å². The van der Waals surface area contributed by atoms with Crippen molar-refractivity contribution in [2.75, 3.05) is 11.3 Å². The standard InChI is InChI=1S/C19H20N2O4S/c1-3-12-24-18-7-5-4-6-17(18)15-8-10-16(11-9-15)26(22,23)21-19-13-14(2)25-20-19/h4-11,13H,3,12H2,1-2H3,(H,20,21). The Kier molecular flexibility index (Phi) is 5.27. The molecular weight excluding hydrogens is 352 g/mol. The van der Waals surface area contributed by atoms with E-state index in [1.165, 1.54) is 6.07 Å². The summed E-state index contributed by atoms with van der Waals surface area (Å²) in [7, 11) is -3.73. The molecule has 0 aliphatic heterocycles. The molecule has 1 N–H and O–H groups in total. The van der Waals surface area contributed by atoms with Crippen LogP contribution in [0.1, 0.15) is 19.1 Å². The molecule has 3 aromatic rings. The molecule has 2 aromatic carbocycles. The second-order valence-corrected chi connectivity index (χ2v) is 7.48. The number of nitrogens with zero attached hydrogens (tertiary/aromatic N) is 1. The van der Waals surface area contributed by atoms with Crippen LogP contribution in [0.5, 0.6) is 5.75 Å². The van der Waals surface area contributed by atoms with Crippen molar-refractivity contribution in [3.8, 4) is 16.9 Å². The van der Waals surface area contributed by atoms with E-state index in [2.05, 4.69) is 9.88 Å². The van der Waals surface area contributed by atoms with Gasteiger partial charge in [-0.25, -0.2) is 8.42 Å². The third kappa shape index (κ3) is 4.05. The molecule has 26 heavy (non-hydrogen) atoms. The Morgan fingerprint density at radius 2 is 1.85 bits per heavy atom. The molecule has 0 unspecified atom stereocenters. The Bertz CT molecular complexity index is 979. The maximum atomic E-state index is 12.4. The zero-order valence-electron chi connectivity index (χ0n) is 14.6. The van der Waals surface area contributed by atoms with Crippen LogP contribution in [0.25, 0.3) is 11.1 Å². The zero-order valence-corrected chi connectivity index (χ0v) is 15.4. The number of ether oxygens (including phenoxy) is 1. The van der Waals surface area contributed by atoms with E-state index in [0.29, 0.717) is 12.4 Å². The number of hydrogen-bond donors (Lipinski definition) is 1. The number of aromatic nitrogens is 1. The fraction of sp³-hybridized carbons (Fsp3) is 0.211. The fourth-order valence-corrected chi connectivity index (χ4v) is 3.45. The van der Waals surface area contributed by atoms with Crippen molar-refractivity contribution >= 4 is 15.8 Å². The number of hydrogen-bond acceptors (Lipinski definition) is 5. The third-order valence-electron chi connectivity index (χ3n) is 3.69. The van der Waals surface area contributed by atoms with E-state index in [1.54, 1.807) is 31.2 Å². The first kappa shape index (κ1) is 18.0. The summed E-state index contributed by atoms with van der Waals surface area (Å²) < 4.78 is 37.9. The minimum atomic E-state index is -3.73. The number of aryl methyl sites for hydroxylation is 1. The molecule has 0 radical (unpaired) electrons. The van der Waals surface area contributed by atoms with Crippen molar-refractivity contribution < 1.29 is 17.7 Å². The van der Waals surface area contributed by atoms with Gasteiger partial charge in [0.15, 0.2) is 5.82 Å². The highest BCUT2D eigenvalue weighted by molar-refractivity contribution is 7.92. The van der Waals surface area contributed by atoms with E-state index in [0.717, 1.165) is 23.3 Å². The van der Waals surface area contributed by atoms with Gasteiger partial charge in [-0.05, 0) is 37.1 Å². The summed E-state index contributed by atoms with van der Waals surface area (Å²) in [6, 6.07) is 15.8. The molecule has 136 valence electrons. The van der Waals surface area contributed by atoms with Gasteiger partial charge in [-0.2, -0.15) is 0 Å². The Morgan fingerprint density at radius 3 is 2.50 bits per heavy atom. The molecule has 1 heterocycles. The van der Waals surface area contributed by atoms with E-state index < -0.39 is 10.0 Å². The lowest BCUT2D eigenvalue weighted by Gasteiger charge is -2.11. The summed E-state index contributed by atoms with van der Waals surface area (Å²) in [6.45, 7) is 4.37. The van der Waals surface area contributed by atoms with Crippen molar-refractivity contribution in [2.24, 2.45) is 0 Å². The van der Waals surface area contributed by atoms with Gasteiger partial charge in [-0.15, -0.1) is 0 Å². The maximum Gasteiger partial charge on any atom is 0.263 e. The topological polar surface area (TPSA) is 81.4 Å². The molecule has 1 aromatic heterocycles. The van der Waals surface area contributed by atoms with Gasteiger partial charge < -0.3 is 9.26 Å².